The second kappa shape index (κ2) is 8.17. The fourth-order valence-electron chi connectivity index (χ4n) is 4.93. The molecule has 3 unspecified atom stereocenters. The van der Waals surface area contributed by atoms with Crippen LogP contribution in [0.5, 0.6) is 0 Å². The number of carbonyl (C=O) groups excluding carboxylic acids is 1. The van der Waals surface area contributed by atoms with Gasteiger partial charge in [0.25, 0.3) is 5.56 Å². The Balaban J connectivity index is 1.35. The predicted molar refractivity (Wildman–Crippen MR) is 107 cm³/mol. The van der Waals surface area contributed by atoms with Crippen molar-refractivity contribution in [1.29, 1.82) is 0 Å². The Bertz CT molecular complexity index is 947. The first-order valence-electron chi connectivity index (χ1n) is 10.2. The average Bonchev–Trinajstić information content (AvgIpc) is 3.31. The van der Waals surface area contributed by atoms with Crippen LogP contribution in [0.25, 0.3) is 0 Å². The molecule has 6 nitrogen and oxygen atoms in total. The number of carbonyl (C=O) groups is 1. The Morgan fingerprint density at radius 3 is 2.61 bits per heavy atom. The number of rotatable bonds is 7. The van der Waals surface area contributed by atoms with Crippen molar-refractivity contribution in [2.24, 2.45) is 17.8 Å². The van der Waals surface area contributed by atoms with Crippen LogP contribution < -0.4 is 16.6 Å². The Morgan fingerprint density at radius 2 is 1.89 bits per heavy atom. The lowest BCUT2D eigenvalue weighted by Crippen LogP contribution is -2.43. The molecule has 2 bridgehead atoms. The van der Waals surface area contributed by atoms with Gasteiger partial charge in [-0.3, -0.25) is 18.7 Å². The maximum atomic E-state index is 12.6. The van der Waals surface area contributed by atoms with Gasteiger partial charge in [-0.15, -0.1) is 0 Å². The highest BCUT2D eigenvalue weighted by Crippen LogP contribution is 2.49. The van der Waals surface area contributed by atoms with Crippen molar-refractivity contribution in [2.45, 2.75) is 45.2 Å². The van der Waals surface area contributed by atoms with E-state index in [1.807, 2.05) is 30.3 Å². The van der Waals surface area contributed by atoms with Crippen molar-refractivity contribution < 1.29 is 4.79 Å². The second-order valence-electron chi connectivity index (χ2n) is 8.21. The highest BCUT2D eigenvalue weighted by molar-refractivity contribution is 5.75. The smallest absolute Gasteiger partial charge is 0.331 e. The maximum absolute atomic E-state index is 12.6. The zero-order chi connectivity index (χ0) is 19.5. The summed E-state index contributed by atoms with van der Waals surface area (Å²) in [6, 6.07) is 10.9. The second-order valence-corrected chi connectivity index (χ2v) is 8.21. The number of fused-ring (bicyclic) bond motifs is 2. The lowest BCUT2D eigenvalue weighted by Gasteiger charge is -2.21. The molecule has 2 aliphatic rings. The standard InChI is InChI=1S/C22H27N3O3/c26-20(23-10-8-19-13-17-6-7-18(19)12-17)15-25-21(27)9-11-24(22(25)28)14-16-4-2-1-3-5-16/h1-5,9,11,17-19H,6-8,10,12-15H2,(H,23,26). The highest BCUT2D eigenvalue weighted by Gasteiger charge is 2.38. The van der Waals surface area contributed by atoms with E-state index in [1.165, 1.54) is 42.5 Å². The summed E-state index contributed by atoms with van der Waals surface area (Å²) in [5.74, 6) is 2.18. The van der Waals surface area contributed by atoms with Crippen molar-refractivity contribution in [3.63, 3.8) is 0 Å². The zero-order valence-electron chi connectivity index (χ0n) is 16.0. The topological polar surface area (TPSA) is 73.1 Å². The van der Waals surface area contributed by atoms with Gasteiger partial charge >= 0.3 is 5.69 Å². The first kappa shape index (κ1) is 18.7. The Hall–Kier alpha value is -2.63. The van der Waals surface area contributed by atoms with Crippen LogP contribution in [0.3, 0.4) is 0 Å². The minimum atomic E-state index is -0.459. The summed E-state index contributed by atoms with van der Waals surface area (Å²) >= 11 is 0. The molecule has 0 aliphatic heterocycles. The summed E-state index contributed by atoms with van der Waals surface area (Å²) in [5, 5.41) is 2.89. The van der Waals surface area contributed by atoms with Crippen LogP contribution in [0.4, 0.5) is 0 Å². The fraction of sp³-hybridized carbons (Fsp3) is 0.500. The van der Waals surface area contributed by atoms with Gasteiger partial charge in [0.2, 0.25) is 5.91 Å². The van der Waals surface area contributed by atoms with Crippen molar-refractivity contribution >= 4 is 5.91 Å². The molecule has 28 heavy (non-hydrogen) atoms. The number of aromatic nitrogens is 2. The number of hydrogen-bond acceptors (Lipinski definition) is 3. The molecule has 1 N–H and O–H groups in total. The van der Waals surface area contributed by atoms with Gasteiger partial charge in [0.1, 0.15) is 6.54 Å². The molecule has 1 aromatic heterocycles. The lowest BCUT2D eigenvalue weighted by atomic mass is 9.86. The normalized spacial score (nSPS) is 23.1. The summed E-state index contributed by atoms with van der Waals surface area (Å²) in [5.41, 5.74) is 0.0577. The Labute approximate surface area is 164 Å². The molecule has 2 aliphatic carbocycles. The summed E-state index contributed by atoms with van der Waals surface area (Å²) in [6.07, 6.45) is 7.85. The minimum absolute atomic E-state index is 0.232. The monoisotopic (exact) mass is 381 g/mol. The Morgan fingerprint density at radius 1 is 1.07 bits per heavy atom. The molecule has 0 spiro atoms. The van der Waals surface area contributed by atoms with E-state index in [0.717, 1.165) is 34.3 Å². The molecule has 6 heteroatoms. The fourth-order valence-corrected chi connectivity index (χ4v) is 4.93. The van der Waals surface area contributed by atoms with E-state index >= 15 is 0 Å². The molecule has 1 amide bonds. The van der Waals surface area contributed by atoms with E-state index in [4.69, 9.17) is 0 Å². The summed E-state index contributed by atoms with van der Waals surface area (Å²) in [6.45, 7) is 0.752. The number of benzene rings is 1. The molecule has 1 aromatic carbocycles. The zero-order valence-corrected chi connectivity index (χ0v) is 16.0. The summed E-state index contributed by atoms with van der Waals surface area (Å²) < 4.78 is 2.47. The molecule has 0 saturated heterocycles. The van der Waals surface area contributed by atoms with Crippen LogP contribution >= 0.6 is 0 Å². The molecule has 1 heterocycles. The van der Waals surface area contributed by atoms with E-state index in [0.29, 0.717) is 13.1 Å². The molecule has 4 rings (SSSR count). The molecule has 0 radical (unpaired) electrons. The molecule has 2 aromatic rings. The van der Waals surface area contributed by atoms with Crippen LogP contribution in [0.2, 0.25) is 0 Å². The Kier molecular flexibility index (Phi) is 5.46. The summed E-state index contributed by atoms with van der Waals surface area (Å²) in [4.78, 5) is 37.1. The van der Waals surface area contributed by atoms with E-state index in [9.17, 15) is 14.4 Å². The quantitative estimate of drug-likeness (QED) is 0.797. The van der Waals surface area contributed by atoms with Crippen LogP contribution in [0.15, 0.2) is 52.2 Å². The van der Waals surface area contributed by atoms with Gasteiger partial charge in [-0.2, -0.15) is 0 Å². The predicted octanol–water partition coefficient (Wildman–Crippen LogP) is 2.00. The average molecular weight is 381 g/mol. The first-order valence-corrected chi connectivity index (χ1v) is 10.2. The van der Waals surface area contributed by atoms with Gasteiger partial charge in [-0.1, -0.05) is 36.8 Å². The number of nitrogens with zero attached hydrogens (tertiary/aromatic N) is 2. The highest BCUT2D eigenvalue weighted by atomic mass is 16.2. The molecule has 2 saturated carbocycles. The van der Waals surface area contributed by atoms with Gasteiger partial charge in [-0.25, -0.2) is 4.79 Å². The van der Waals surface area contributed by atoms with Crippen LogP contribution in [0, 0.1) is 17.8 Å². The van der Waals surface area contributed by atoms with Crippen LogP contribution in [-0.2, 0) is 17.9 Å². The third-order valence-electron chi connectivity index (χ3n) is 6.36. The van der Waals surface area contributed by atoms with Crippen molar-refractivity contribution in [1.82, 2.24) is 14.5 Å². The van der Waals surface area contributed by atoms with E-state index in [2.05, 4.69) is 5.32 Å². The van der Waals surface area contributed by atoms with Gasteiger partial charge in [0.15, 0.2) is 0 Å². The SMILES string of the molecule is O=C(Cn1c(=O)ccn(Cc2ccccc2)c1=O)NCCC1CC2CCC1C2. The van der Waals surface area contributed by atoms with Crippen molar-refractivity contribution in [2.75, 3.05) is 6.54 Å². The van der Waals surface area contributed by atoms with E-state index < -0.39 is 11.2 Å². The van der Waals surface area contributed by atoms with Crippen molar-refractivity contribution in [3.8, 4) is 0 Å². The van der Waals surface area contributed by atoms with Crippen LogP contribution in [-0.4, -0.2) is 21.6 Å². The molecular weight excluding hydrogens is 354 g/mol. The van der Waals surface area contributed by atoms with Crippen molar-refractivity contribution in [3.05, 3.63) is 69.0 Å². The third-order valence-corrected chi connectivity index (χ3v) is 6.36. The minimum Gasteiger partial charge on any atom is -0.355 e. The number of amides is 1. The molecule has 148 valence electrons. The van der Waals surface area contributed by atoms with Gasteiger partial charge in [-0.05, 0) is 49.0 Å². The molecule has 2 fully saturated rings. The maximum Gasteiger partial charge on any atom is 0.331 e. The van der Waals surface area contributed by atoms with Crippen LogP contribution in [0.1, 0.15) is 37.7 Å². The number of nitrogens with one attached hydrogen (secondary N) is 1. The molecular formula is C22H27N3O3. The van der Waals surface area contributed by atoms with Gasteiger partial charge < -0.3 is 5.32 Å². The van der Waals surface area contributed by atoms with E-state index in [-0.39, 0.29) is 12.5 Å². The van der Waals surface area contributed by atoms with Gasteiger partial charge in [0.05, 0.1) is 6.54 Å². The number of hydrogen-bond donors (Lipinski definition) is 1. The largest absolute Gasteiger partial charge is 0.355 e. The molecule has 3 atom stereocenters. The first-order chi connectivity index (χ1) is 13.6. The van der Waals surface area contributed by atoms with E-state index in [1.54, 1.807) is 0 Å². The lowest BCUT2D eigenvalue weighted by molar-refractivity contribution is -0.121. The third kappa shape index (κ3) is 4.11. The van der Waals surface area contributed by atoms with Gasteiger partial charge in [0, 0.05) is 18.8 Å². The summed E-state index contributed by atoms with van der Waals surface area (Å²) in [7, 11) is 0.